The number of nitrogens with one attached hydrogen (secondary N) is 1. The lowest BCUT2D eigenvalue weighted by Crippen LogP contribution is -2.39. The lowest BCUT2D eigenvalue weighted by molar-refractivity contribution is 0.273. The summed E-state index contributed by atoms with van der Waals surface area (Å²) in [6.45, 7) is 7.85. The molecule has 0 saturated heterocycles. The Morgan fingerprint density at radius 2 is 2.06 bits per heavy atom. The van der Waals surface area contributed by atoms with Crippen LogP contribution in [-0.2, 0) is 12.0 Å². The smallest absolute Gasteiger partial charge is 0.203 e. The van der Waals surface area contributed by atoms with Crippen LogP contribution >= 0.6 is 0 Å². The van der Waals surface area contributed by atoms with Crippen LogP contribution in [0.15, 0.2) is 6.20 Å². The molecule has 3 rings (SSSR count). The van der Waals surface area contributed by atoms with Gasteiger partial charge in [-0.3, -0.25) is 0 Å². The summed E-state index contributed by atoms with van der Waals surface area (Å²) in [7, 11) is 0. The minimum atomic E-state index is 0.150. The molecular formula is C14H23N3. The molecule has 1 aromatic rings. The van der Waals surface area contributed by atoms with E-state index in [1.807, 2.05) is 0 Å². The average Bonchev–Trinajstić information content (AvgIpc) is 2.68. The van der Waals surface area contributed by atoms with Gasteiger partial charge in [0.05, 0.1) is 5.69 Å². The lowest BCUT2D eigenvalue weighted by Gasteiger charge is -2.36. The largest absolute Gasteiger partial charge is 0.353 e. The van der Waals surface area contributed by atoms with E-state index < -0.39 is 0 Å². The topological polar surface area (TPSA) is 29.9 Å². The first-order valence-corrected chi connectivity index (χ1v) is 6.88. The second-order valence-electron chi connectivity index (χ2n) is 6.65. The quantitative estimate of drug-likeness (QED) is 0.746. The maximum Gasteiger partial charge on any atom is 0.203 e. The van der Waals surface area contributed by atoms with Gasteiger partial charge in [0.15, 0.2) is 0 Å². The maximum absolute atomic E-state index is 4.76. The van der Waals surface area contributed by atoms with Crippen molar-refractivity contribution in [2.45, 2.75) is 64.5 Å². The van der Waals surface area contributed by atoms with E-state index in [2.05, 4.69) is 36.9 Å². The van der Waals surface area contributed by atoms with Crippen LogP contribution in [-0.4, -0.2) is 15.6 Å². The Kier molecular flexibility index (Phi) is 2.46. The van der Waals surface area contributed by atoms with E-state index in [1.54, 1.807) is 0 Å². The fourth-order valence-electron chi connectivity index (χ4n) is 3.07. The van der Waals surface area contributed by atoms with Crippen molar-refractivity contribution in [2.75, 3.05) is 5.32 Å². The van der Waals surface area contributed by atoms with Crippen LogP contribution in [0.5, 0.6) is 0 Å². The van der Waals surface area contributed by atoms with Gasteiger partial charge in [-0.15, -0.1) is 0 Å². The Bertz CT molecular complexity index is 382. The van der Waals surface area contributed by atoms with Crippen LogP contribution in [0.25, 0.3) is 0 Å². The van der Waals surface area contributed by atoms with Gasteiger partial charge in [-0.05, 0) is 18.8 Å². The Morgan fingerprint density at radius 1 is 1.29 bits per heavy atom. The van der Waals surface area contributed by atoms with Crippen LogP contribution in [0.4, 0.5) is 5.95 Å². The molecule has 0 radical (unpaired) electrons. The number of imidazole rings is 1. The minimum Gasteiger partial charge on any atom is -0.353 e. The lowest BCUT2D eigenvalue weighted by atomic mass is 9.83. The van der Waals surface area contributed by atoms with Gasteiger partial charge in [-0.25, -0.2) is 4.98 Å². The molecule has 2 atom stereocenters. The molecule has 3 nitrogen and oxygen atoms in total. The van der Waals surface area contributed by atoms with Crippen molar-refractivity contribution in [2.24, 2.45) is 5.92 Å². The normalized spacial score (nSPS) is 28.2. The van der Waals surface area contributed by atoms with Crippen LogP contribution in [0, 0.1) is 5.92 Å². The molecule has 94 valence electrons. The zero-order chi connectivity index (χ0) is 12.0. The summed E-state index contributed by atoms with van der Waals surface area (Å²) in [6, 6.07) is 0.673. The highest BCUT2D eigenvalue weighted by Gasteiger charge is 2.32. The van der Waals surface area contributed by atoms with E-state index in [0.717, 1.165) is 18.4 Å². The first-order valence-electron chi connectivity index (χ1n) is 6.88. The third-order valence-electron chi connectivity index (χ3n) is 4.20. The molecule has 1 fully saturated rings. The summed E-state index contributed by atoms with van der Waals surface area (Å²) >= 11 is 0. The molecule has 3 heteroatoms. The summed E-state index contributed by atoms with van der Waals surface area (Å²) in [5.41, 5.74) is 1.36. The van der Waals surface area contributed by atoms with Crippen molar-refractivity contribution in [1.82, 2.24) is 9.55 Å². The first kappa shape index (κ1) is 11.1. The van der Waals surface area contributed by atoms with Crippen LogP contribution in [0.1, 0.15) is 52.1 Å². The van der Waals surface area contributed by atoms with Gasteiger partial charge in [0.2, 0.25) is 5.95 Å². The molecule has 1 N–H and O–H groups in total. The van der Waals surface area contributed by atoms with Gasteiger partial charge in [-0.2, -0.15) is 0 Å². The zero-order valence-corrected chi connectivity index (χ0v) is 11.2. The number of rotatable bonds is 0. The van der Waals surface area contributed by atoms with Crippen LogP contribution in [0.2, 0.25) is 0 Å². The van der Waals surface area contributed by atoms with Gasteiger partial charge < -0.3 is 9.88 Å². The summed E-state index contributed by atoms with van der Waals surface area (Å²) in [5, 5.41) is 3.64. The second kappa shape index (κ2) is 3.76. The number of aromatic nitrogens is 2. The molecule has 1 saturated carbocycles. The molecule has 1 aliphatic carbocycles. The third-order valence-corrected chi connectivity index (χ3v) is 4.20. The molecule has 0 amide bonds. The molecule has 17 heavy (non-hydrogen) atoms. The molecular weight excluding hydrogens is 210 g/mol. The summed E-state index contributed by atoms with van der Waals surface area (Å²) < 4.78 is 2.33. The highest BCUT2D eigenvalue weighted by atomic mass is 15.2. The van der Waals surface area contributed by atoms with Crippen LogP contribution in [0.3, 0.4) is 0 Å². The van der Waals surface area contributed by atoms with E-state index in [9.17, 15) is 0 Å². The summed E-state index contributed by atoms with van der Waals surface area (Å²) in [4.78, 5) is 4.76. The number of nitrogens with zero attached hydrogens (tertiary/aromatic N) is 2. The predicted molar refractivity (Wildman–Crippen MR) is 70.3 cm³/mol. The molecule has 2 aliphatic rings. The SMILES string of the molecule is CC(C)(C)c1cn2c(n1)NC1CCCCC1C2. The fraction of sp³-hybridized carbons (Fsp3) is 0.786. The Hall–Kier alpha value is -0.990. The van der Waals surface area contributed by atoms with Gasteiger partial charge in [-0.1, -0.05) is 33.6 Å². The number of hydrogen-bond acceptors (Lipinski definition) is 2. The van der Waals surface area contributed by atoms with E-state index in [4.69, 9.17) is 4.98 Å². The Labute approximate surface area is 104 Å². The second-order valence-corrected chi connectivity index (χ2v) is 6.65. The van der Waals surface area contributed by atoms with Gasteiger partial charge in [0, 0.05) is 24.2 Å². The van der Waals surface area contributed by atoms with Gasteiger partial charge >= 0.3 is 0 Å². The third kappa shape index (κ3) is 1.96. The van der Waals surface area contributed by atoms with Gasteiger partial charge in [0.25, 0.3) is 0 Å². The molecule has 1 aliphatic heterocycles. The molecule has 1 aromatic heterocycles. The number of anilines is 1. The molecule has 0 spiro atoms. The van der Waals surface area contributed by atoms with Crippen molar-refractivity contribution in [3.05, 3.63) is 11.9 Å². The van der Waals surface area contributed by atoms with E-state index in [1.165, 1.54) is 31.4 Å². The summed E-state index contributed by atoms with van der Waals surface area (Å²) in [6.07, 6.45) is 7.72. The maximum atomic E-state index is 4.76. The average molecular weight is 233 g/mol. The van der Waals surface area contributed by atoms with E-state index >= 15 is 0 Å². The fourth-order valence-corrected chi connectivity index (χ4v) is 3.07. The molecule has 2 heterocycles. The highest BCUT2D eigenvalue weighted by Crippen LogP contribution is 2.34. The Balaban J connectivity index is 1.89. The van der Waals surface area contributed by atoms with Gasteiger partial charge in [0.1, 0.15) is 0 Å². The number of fused-ring (bicyclic) bond motifs is 2. The molecule has 0 bridgehead atoms. The minimum absolute atomic E-state index is 0.150. The van der Waals surface area contributed by atoms with E-state index in [0.29, 0.717) is 6.04 Å². The van der Waals surface area contributed by atoms with Crippen molar-refractivity contribution in [3.8, 4) is 0 Å². The highest BCUT2D eigenvalue weighted by molar-refractivity contribution is 5.35. The van der Waals surface area contributed by atoms with Crippen molar-refractivity contribution < 1.29 is 0 Å². The first-order chi connectivity index (χ1) is 8.04. The zero-order valence-electron chi connectivity index (χ0n) is 11.2. The summed E-state index contributed by atoms with van der Waals surface area (Å²) in [5.74, 6) is 1.91. The predicted octanol–water partition coefficient (Wildman–Crippen LogP) is 3.16. The monoisotopic (exact) mass is 233 g/mol. The Morgan fingerprint density at radius 3 is 2.82 bits per heavy atom. The molecule has 0 aromatic carbocycles. The molecule has 2 unspecified atom stereocenters. The van der Waals surface area contributed by atoms with Crippen molar-refractivity contribution in [3.63, 3.8) is 0 Å². The van der Waals surface area contributed by atoms with E-state index in [-0.39, 0.29) is 5.41 Å². The van der Waals surface area contributed by atoms with Crippen LogP contribution < -0.4 is 5.32 Å². The van der Waals surface area contributed by atoms with Crippen molar-refractivity contribution >= 4 is 5.95 Å². The standard InChI is InChI=1S/C14H23N3/c1-14(2,3)12-9-17-8-10-6-4-5-7-11(10)15-13(17)16-12/h9-11H,4-8H2,1-3H3,(H,15,16). The van der Waals surface area contributed by atoms with Crippen molar-refractivity contribution in [1.29, 1.82) is 0 Å². The number of hydrogen-bond donors (Lipinski definition) is 1.